The van der Waals surface area contributed by atoms with Gasteiger partial charge in [0.1, 0.15) is 11.0 Å². The van der Waals surface area contributed by atoms with Crippen LogP contribution < -0.4 is 15.4 Å². The van der Waals surface area contributed by atoms with Crippen LogP contribution in [0.15, 0.2) is 47.5 Å². The van der Waals surface area contributed by atoms with Crippen LogP contribution in [0.5, 0.6) is 5.75 Å². The van der Waals surface area contributed by atoms with Gasteiger partial charge in [0, 0.05) is 12.1 Å². The molecule has 1 aliphatic heterocycles. The monoisotopic (exact) mass is 411 g/mol. The summed E-state index contributed by atoms with van der Waals surface area (Å²) in [6, 6.07) is 13.2. The van der Waals surface area contributed by atoms with Gasteiger partial charge >= 0.3 is 0 Å². The fourth-order valence-corrected chi connectivity index (χ4v) is 3.88. The average molecular weight is 412 g/mol. The van der Waals surface area contributed by atoms with Crippen molar-refractivity contribution in [3.8, 4) is 5.75 Å². The quantitative estimate of drug-likeness (QED) is 0.710. The number of anilines is 1. The van der Waals surface area contributed by atoms with Crippen molar-refractivity contribution >= 4 is 40.1 Å². The van der Waals surface area contributed by atoms with Gasteiger partial charge in [-0.15, -0.1) is 0 Å². The van der Waals surface area contributed by atoms with E-state index in [2.05, 4.69) is 15.6 Å². The highest BCUT2D eigenvalue weighted by atomic mass is 32.2. The van der Waals surface area contributed by atoms with Gasteiger partial charge in [0.05, 0.1) is 12.3 Å². The summed E-state index contributed by atoms with van der Waals surface area (Å²) < 4.78 is 5.53. The van der Waals surface area contributed by atoms with E-state index in [0.717, 1.165) is 29.0 Å². The molecule has 0 radical (unpaired) electrons. The van der Waals surface area contributed by atoms with Crippen LogP contribution in [0.2, 0.25) is 0 Å². The van der Waals surface area contributed by atoms with Crippen molar-refractivity contribution in [3.63, 3.8) is 0 Å². The average Bonchev–Trinajstić information content (AvgIpc) is 3.03. The molecule has 2 aromatic carbocycles. The number of amides is 2. The van der Waals surface area contributed by atoms with Crippen molar-refractivity contribution in [3.05, 3.63) is 53.6 Å². The summed E-state index contributed by atoms with van der Waals surface area (Å²) in [5, 5.41) is 5.64. The van der Waals surface area contributed by atoms with Crippen molar-refractivity contribution in [2.45, 2.75) is 38.9 Å². The molecule has 1 heterocycles. The number of carbonyl (C=O) groups excluding carboxylic acids is 2. The second kappa shape index (κ2) is 9.60. The number of amidine groups is 1. The van der Waals surface area contributed by atoms with E-state index >= 15 is 0 Å². The molecule has 0 aromatic heterocycles. The molecule has 0 unspecified atom stereocenters. The molecule has 1 aliphatic rings. The lowest BCUT2D eigenvalue weighted by Gasteiger charge is -2.09. The molecule has 3 rings (SSSR count). The maximum atomic E-state index is 12.4. The van der Waals surface area contributed by atoms with E-state index in [0.29, 0.717) is 17.5 Å². The molecule has 1 saturated heterocycles. The standard InChI is InChI=1S/C22H25N3O3S/c1-4-12-28-17-10-8-16(9-11-17)23-19(26)13-18-21(27)25-22(29-18)24-20-14(2)6-5-7-15(20)3/h5-11,18H,4,12-13H2,1-3H3,(H,23,26)(H,24,25,27)/t18-/m0/s1. The number of aliphatic imine (C=N–C) groups is 1. The first kappa shape index (κ1) is 20.9. The number of para-hydroxylation sites is 1. The molecule has 0 spiro atoms. The van der Waals surface area contributed by atoms with Crippen LogP contribution in [0.25, 0.3) is 0 Å². The lowest BCUT2D eigenvalue weighted by Crippen LogP contribution is -2.28. The zero-order valence-corrected chi connectivity index (χ0v) is 17.6. The van der Waals surface area contributed by atoms with Gasteiger partial charge in [0.2, 0.25) is 11.8 Å². The smallest absolute Gasteiger partial charge is 0.240 e. The first-order chi connectivity index (χ1) is 14.0. The third-order valence-electron chi connectivity index (χ3n) is 4.41. The number of ether oxygens (including phenoxy) is 1. The Balaban J connectivity index is 1.58. The molecule has 6 nitrogen and oxygen atoms in total. The van der Waals surface area contributed by atoms with Crippen LogP contribution in [0, 0.1) is 13.8 Å². The fourth-order valence-electron chi connectivity index (χ4n) is 2.91. The van der Waals surface area contributed by atoms with Crippen LogP contribution in [0.1, 0.15) is 30.9 Å². The van der Waals surface area contributed by atoms with Crippen molar-refractivity contribution in [1.82, 2.24) is 5.32 Å². The normalized spacial score (nSPS) is 17.3. The highest BCUT2D eigenvalue weighted by Crippen LogP contribution is 2.29. The summed E-state index contributed by atoms with van der Waals surface area (Å²) in [5.41, 5.74) is 3.61. The van der Waals surface area contributed by atoms with E-state index in [1.807, 2.05) is 51.1 Å². The highest BCUT2D eigenvalue weighted by molar-refractivity contribution is 8.15. The van der Waals surface area contributed by atoms with Crippen LogP contribution in [-0.4, -0.2) is 28.8 Å². The summed E-state index contributed by atoms with van der Waals surface area (Å²) >= 11 is 1.29. The van der Waals surface area contributed by atoms with Crippen molar-refractivity contribution < 1.29 is 14.3 Å². The number of hydrogen-bond donors (Lipinski definition) is 2. The molecule has 1 fully saturated rings. The van der Waals surface area contributed by atoms with Crippen molar-refractivity contribution in [2.24, 2.45) is 4.99 Å². The number of nitrogens with zero attached hydrogens (tertiary/aromatic N) is 1. The molecule has 7 heteroatoms. The summed E-state index contributed by atoms with van der Waals surface area (Å²) in [7, 11) is 0. The second-order valence-electron chi connectivity index (χ2n) is 6.88. The maximum absolute atomic E-state index is 12.4. The predicted octanol–water partition coefficient (Wildman–Crippen LogP) is 4.34. The molecule has 2 N–H and O–H groups in total. The lowest BCUT2D eigenvalue weighted by molar-refractivity contribution is -0.122. The van der Waals surface area contributed by atoms with E-state index in [4.69, 9.17) is 4.74 Å². The molecule has 29 heavy (non-hydrogen) atoms. The number of rotatable bonds is 7. The Morgan fingerprint density at radius 2 is 1.86 bits per heavy atom. The predicted molar refractivity (Wildman–Crippen MR) is 118 cm³/mol. The highest BCUT2D eigenvalue weighted by Gasteiger charge is 2.32. The largest absolute Gasteiger partial charge is 0.494 e. The van der Waals surface area contributed by atoms with Crippen molar-refractivity contribution in [1.29, 1.82) is 0 Å². The number of carbonyl (C=O) groups is 2. The Morgan fingerprint density at radius 1 is 1.17 bits per heavy atom. The first-order valence-electron chi connectivity index (χ1n) is 9.61. The van der Waals surface area contributed by atoms with Crippen LogP contribution in [-0.2, 0) is 9.59 Å². The minimum absolute atomic E-state index is 0.0797. The van der Waals surface area contributed by atoms with Gasteiger partial charge in [-0.1, -0.05) is 36.9 Å². The Hall–Kier alpha value is -2.80. The second-order valence-corrected chi connectivity index (χ2v) is 8.07. The Kier molecular flexibility index (Phi) is 6.93. The molecule has 2 amide bonds. The van der Waals surface area contributed by atoms with Crippen LogP contribution >= 0.6 is 11.8 Å². The molecule has 0 aliphatic carbocycles. The lowest BCUT2D eigenvalue weighted by atomic mass is 10.1. The van der Waals surface area contributed by atoms with Gasteiger partial charge in [-0.3, -0.25) is 9.59 Å². The van der Waals surface area contributed by atoms with Crippen LogP contribution in [0.3, 0.4) is 0 Å². The number of thioether (sulfide) groups is 1. The third kappa shape index (κ3) is 5.60. The summed E-state index contributed by atoms with van der Waals surface area (Å²) in [5.74, 6) is 0.356. The molecular formula is C22H25N3O3S. The van der Waals surface area contributed by atoms with E-state index in [-0.39, 0.29) is 18.2 Å². The van der Waals surface area contributed by atoms with Gasteiger partial charge in [0.25, 0.3) is 0 Å². The zero-order chi connectivity index (χ0) is 20.8. The number of benzene rings is 2. The molecule has 0 bridgehead atoms. The Morgan fingerprint density at radius 3 is 2.52 bits per heavy atom. The Bertz CT molecular complexity index is 905. The number of hydrogen-bond acceptors (Lipinski definition) is 5. The van der Waals surface area contributed by atoms with Gasteiger partial charge in [-0.05, 0) is 55.7 Å². The van der Waals surface area contributed by atoms with Crippen molar-refractivity contribution in [2.75, 3.05) is 11.9 Å². The van der Waals surface area contributed by atoms with Gasteiger partial charge in [0.15, 0.2) is 5.17 Å². The van der Waals surface area contributed by atoms with Crippen LogP contribution in [0.4, 0.5) is 11.4 Å². The maximum Gasteiger partial charge on any atom is 0.240 e. The van der Waals surface area contributed by atoms with E-state index in [9.17, 15) is 9.59 Å². The first-order valence-corrected chi connectivity index (χ1v) is 10.5. The Labute approximate surface area is 175 Å². The molecule has 152 valence electrons. The summed E-state index contributed by atoms with van der Waals surface area (Å²) in [6.07, 6.45) is 1.02. The van der Waals surface area contributed by atoms with E-state index in [1.54, 1.807) is 12.1 Å². The molecule has 1 atom stereocenters. The summed E-state index contributed by atoms with van der Waals surface area (Å²) in [4.78, 5) is 29.2. The van der Waals surface area contributed by atoms with E-state index < -0.39 is 5.25 Å². The minimum atomic E-state index is -0.495. The number of aryl methyl sites for hydroxylation is 2. The molecule has 0 saturated carbocycles. The topological polar surface area (TPSA) is 79.8 Å². The summed E-state index contributed by atoms with van der Waals surface area (Å²) in [6.45, 7) is 6.67. The van der Waals surface area contributed by atoms with Gasteiger partial charge in [-0.2, -0.15) is 0 Å². The SMILES string of the molecule is CCCOc1ccc(NC(=O)C[C@@H]2SC(=Nc3c(C)cccc3C)NC2=O)cc1. The zero-order valence-electron chi connectivity index (χ0n) is 16.8. The number of nitrogens with one attached hydrogen (secondary N) is 2. The molecular weight excluding hydrogens is 386 g/mol. The fraction of sp³-hybridized carbons (Fsp3) is 0.318. The third-order valence-corrected chi connectivity index (χ3v) is 5.49. The van der Waals surface area contributed by atoms with Gasteiger partial charge < -0.3 is 15.4 Å². The minimum Gasteiger partial charge on any atom is -0.494 e. The molecule has 2 aromatic rings. The van der Waals surface area contributed by atoms with Gasteiger partial charge in [-0.25, -0.2) is 4.99 Å². The van der Waals surface area contributed by atoms with E-state index in [1.165, 1.54) is 11.8 Å².